The molecule has 0 aromatic heterocycles. The van der Waals surface area contributed by atoms with Gasteiger partial charge in [-0.1, -0.05) is 30.3 Å². The van der Waals surface area contributed by atoms with E-state index in [1.165, 1.54) is 0 Å². The Hall–Kier alpha value is -2.13. The summed E-state index contributed by atoms with van der Waals surface area (Å²) in [5.74, 6) is -2.37. The van der Waals surface area contributed by atoms with Gasteiger partial charge in [0.2, 0.25) is 0 Å². The minimum atomic E-state index is -3.21. The van der Waals surface area contributed by atoms with Crippen LogP contribution in [0.1, 0.15) is 35.2 Å². The molecule has 0 spiro atoms. The van der Waals surface area contributed by atoms with Crippen LogP contribution < -0.4 is 4.74 Å². The van der Waals surface area contributed by atoms with E-state index in [2.05, 4.69) is 4.90 Å². The molecule has 2 atom stereocenters. The monoisotopic (exact) mass is 478 g/mol. The van der Waals surface area contributed by atoms with Crippen molar-refractivity contribution in [2.75, 3.05) is 46.1 Å². The number of halogens is 3. The molecule has 2 aliphatic heterocycles. The van der Waals surface area contributed by atoms with Gasteiger partial charge in [-0.25, -0.2) is 8.78 Å². The largest absolute Gasteiger partial charge is 0.492 e. The molecule has 2 aromatic rings. The summed E-state index contributed by atoms with van der Waals surface area (Å²) in [6.45, 7) is 2.59. The van der Waals surface area contributed by atoms with Crippen LogP contribution in [0.3, 0.4) is 0 Å². The highest BCUT2D eigenvalue weighted by Crippen LogP contribution is 2.40. The molecule has 5 nitrogen and oxygen atoms in total. The van der Waals surface area contributed by atoms with Crippen LogP contribution in [-0.2, 0) is 13.0 Å². The fourth-order valence-corrected chi connectivity index (χ4v) is 5.00. The second kappa shape index (κ2) is 10.6. The van der Waals surface area contributed by atoms with Gasteiger partial charge < -0.3 is 14.9 Å². The second-order valence-corrected chi connectivity index (χ2v) is 9.53. The maximum Gasteiger partial charge on any atom is 0.283 e. The molecule has 2 heterocycles. The molecule has 186 valence electrons. The van der Waals surface area contributed by atoms with Gasteiger partial charge in [0, 0.05) is 31.6 Å². The number of ether oxygens (including phenoxy) is 1. The molecule has 0 saturated carbocycles. The van der Waals surface area contributed by atoms with Gasteiger partial charge in [-0.3, -0.25) is 14.2 Å². The van der Waals surface area contributed by atoms with E-state index in [-0.39, 0.29) is 25.2 Å². The standard InChI is InChI=1S/C26H33F3N2O3/c1-18-10-22-11-19(15-32)2-7-24(22)25(31(18)16-26(28,29)17-33)21-3-5-23(6-4-21)34-9-8-30-13-20(12-27)14-30/h2-7,11,18,20,25,32-33H,8-10,12-17H2,1H3/t18-,25-/m0/s1. The van der Waals surface area contributed by atoms with E-state index in [0.29, 0.717) is 18.8 Å². The maximum absolute atomic E-state index is 14.3. The van der Waals surface area contributed by atoms with Crippen LogP contribution in [0.2, 0.25) is 0 Å². The lowest BCUT2D eigenvalue weighted by molar-refractivity contribution is -0.0862. The molecule has 1 fully saturated rings. The number of hydrogen-bond donors (Lipinski definition) is 2. The van der Waals surface area contributed by atoms with E-state index in [4.69, 9.17) is 4.74 Å². The van der Waals surface area contributed by atoms with Crippen LogP contribution >= 0.6 is 0 Å². The first-order chi connectivity index (χ1) is 16.3. The number of benzene rings is 2. The van der Waals surface area contributed by atoms with Crippen molar-refractivity contribution in [1.82, 2.24) is 9.80 Å². The Morgan fingerprint density at radius 3 is 2.47 bits per heavy atom. The highest BCUT2D eigenvalue weighted by molar-refractivity contribution is 5.43. The van der Waals surface area contributed by atoms with Crippen LogP contribution in [0, 0.1) is 5.92 Å². The van der Waals surface area contributed by atoms with E-state index in [0.717, 1.165) is 41.9 Å². The van der Waals surface area contributed by atoms with Crippen molar-refractivity contribution in [2.45, 2.75) is 38.0 Å². The topological polar surface area (TPSA) is 56.2 Å². The summed E-state index contributed by atoms with van der Waals surface area (Å²) in [6.07, 6.45) is 0.585. The van der Waals surface area contributed by atoms with Gasteiger partial charge in [0.1, 0.15) is 19.0 Å². The molecule has 2 aromatic carbocycles. The minimum Gasteiger partial charge on any atom is -0.492 e. The lowest BCUT2D eigenvalue weighted by Gasteiger charge is -2.43. The lowest BCUT2D eigenvalue weighted by atomic mass is 9.84. The van der Waals surface area contributed by atoms with E-state index in [1.807, 2.05) is 49.4 Å². The van der Waals surface area contributed by atoms with Crippen LogP contribution in [0.5, 0.6) is 5.75 Å². The summed E-state index contributed by atoms with van der Waals surface area (Å²) in [5.41, 5.74) is 3.62. The van der Waals surface area contributed by atoms with Crippen LogP contribution in [0.15, 0.2) is 42.5 Å². The van der Waals surface area contributed by atoms with Crippen LogP contribution in [0.4, 0.5) is 13.2 Å². The van der Waals surface area contributed by atoms with Crippen molar-refractivity contribution < 1.29 is 28.1 Å². The quantitative estimate of drug-likeness (QED) is 0.548. The molecule has 1 saturated heterocycles. The number of aliphatic hydroxyl groups is 2. The van der Waals surface area contributed by atoms with E-state index in [1.54, 1.807) is 4.90 Å². The molecule has 0 radical (unpaired) electrons. The van der Waals surface area contributed by atoms with Crippen LogP contribution in [0.25, 0.3) is 0 Å². The normalized spacial score (nSPS) is 21.8. The molecule has 8 heteroatoms. The van der Waals surface area contributed by atoms with E-state index in [9.17, 15) is 23.4 Å². The molecule has 0 bridgehead atoms. The minimum absolute atomic E-state index is 0.0729. The fraction of sp³-hybridized carbons (Fsp3) is 0.538. The Morgan fingerprint density at radius 1 is 1.09 bits per heavy atom. The summed E-state index contributed by atoms with van der Waals surface area (Å²) in [5, 5.41) is 18.7. The highest BCUT2D eigenvalue weighted by atomic mass is 19.3. The second-order valence-electron chi connectivity index (χ2n) is 9.53. The van der Waals surface area contributed by atoms with E-state index >= 15 is 0 Å². The lowest BCUT2D eigenvalue weighted by Crippen LogP contribution is -2.49. The molecule has 0 amide bonds. The molecule has 0 unspecified atom stereocenters. The summed E-state index contributed by atoms with van der Waals surface area (Å²) >= 11 is 0. The van der Waals surface area contributed by atoms with Gasteiger partial charge in [0.15, 0.2) is 0 Å². The molecule has 2 N–H and O–H groups in total. The zero-order chi connectivity index (χ0) is 24.3. The third kappa shape index (κ3) is 5.57. The number of aliphatic hydroxyl groups excluding tert-OH is 2. The number of nitrogens with zero attached hydrogens (tertiary/aromatic N) is 2. The summed E-state index contributed by atoms with van der Waals surface area (Å²) in [6, 6.07) is 12.6. The van der Waals surface area contributed by atoms with Crippen molar-refractivity contribution in [3.05, 3.63) is 64.7 Å². The predicted molar refractivity (Wildman–Crippen MR) is 124 cm³/mol. The SMILES string of the molecule is C[C@H]1Cc2cc(CO)ccc2[C@H](c2ccc(OCCN3CC(CF)C3)cc2)N1CC(F)(F)CO. The average molecular weight is 479 g/mol. The smallest absolute Gasteiger partial charge is 0.283 e. The molecule has 0 aliphatic carbocycles. The predicted octanol–water partition coefficient (Wildman–Crippen LogP) is 3.42. The Bertz CT molecular complexity index is 951. The van der Waals surface area contributed by atoms with Crippen molar-refractivity contribution in [3.63, 3.8) is 0 Å². The molecule has 34 heavy (non-hydrogen) atoms. The maximum atomic E-state index is 14.3. The Morgan fingerprint density at radius 2 is 1.82 bits per heavy atom. The number of fused-ring (bicyclic) bond motifs is 1. The molecule has 2 aliphatic rings. The summed E-state index contributed by atoms with van der Waals surface area (Å²) in [7, 11) is 0. The average Bonchev–Trinajstić information content (AvgIpc) is 2.81. The number of rotatable bonds is 10. The van der Waals surface area contributed by atoms with Crippen LogP contribution in [-0.4, -0.2) is 78.0 Å². The fourth-order valence-electron chi connectivity index (χ4n) is 5.00. The first kappa shape index (κ1) is 25.0. The highest BCUT2D eigenvalue weighted by Gasteiger charge is 2.40. The van der Waals surface area contributed by atoms with Gasteiger partial charge in [-0.15, -0.1) is 0 Å². The third-order valence-corrected chi connectivity index (χ3v) is 6.87. The Kier molecular flexibility index (Phi) is 7.82. The van der Waals surface area contributed by atoms with Gasteiger partial charge in [-0.2, -0.15) is 0 Å². The first-order valence-corrected chi connectivity index (χ1v) is 11.8. The number of hydrogen-bond acceptors (Lipinski definition) is 5. The summed E-state index contributed by atoms with van der Waals surface area (Å²) in [4.78, 5) is 3.90. The number of likely N-dealkylation sites (tertiary alicyclic amines) is 1. The zero-order valence-electron chi connectivity index (χ0n) is 19.5. The van der Waals surface area contributed by atoms with Gasteiger partial charge >= 0.3 is 0 Å². The first-order valence-electron chi connectivity index (χ1n) is 11.8. The molecule has 4 rings (SSSR count). The van der Waals surface area contributed by atoms with Gasteiger partial charge in [0.05, 0.1) is 25.9 Å². The third-order valence-electron chi connectivity index (χ3n) is 6.87. The Balaban J connectivity index is 1.52. The van der Waals surface area contributed by atoms with Crippen molar-refractivity contribution in [1.29, 1.82) is 0 Å². The number of alkyl halides is 3. The zero-order valence-corrected chi connectivity index (χ0v) is 19.5. The van der Waals surface area contributed by atoms with Gasteiger partial charge in [0.25, 0.3) is 5.92 Å². The van der Waals surface area contributed by atoms with Crippen molar-refractivity contribution in [3.8, 4) is 5.75 Å². The molecular formula is C26H33F3N2O3. The van der Waals surface area contributed by atoms with Crippen molar-refractivity contribution in [2.24, 2.45) is 5.92 Å². The van der Waals surface area contributed by atoms with E-state index < -0.39 is 25.1 Å². The summed E-state index contributed by atoms with van der Waals surface area (Å²) < 4.78 is 46.9. The molecular weight excluding hydrogens is 445 g/mol. The Labute approximate surface area is 198 Å². The van der Waals surface area contributed by atoms with Crippen molar-refractivity contribution >= 4 is 0 Å². The van der Waals surface area contributed by atoms with Gasteiger partial charge in [-0.05, 0) is 47.7 Å².